The lowest BCUT2D eigenvalue weighted by Crippen LogP contribution is -2.27. The van der Waals surface area contributed by atoms with Crippen molar-refractivity contribution in [2.45, 2.75) is 0 Å². The van der Waals surface area contributed by atoms with Gasteiger partial charge in [0.2, 0.25) is 0 Å². The Kier molecular flexibility index (Phi) is 5.96. The second-order valence-electron chi connectivity index (χ2n) is 2.79. The molecule has 1 aromatic rings. The lowest BCUT2D eigenvalue weighted by atomic mass is 10.2. The highest BCUT2D eigenvalue weighted by molar-refractivity contribution is 9.09. The first-order valence-corrected chi connectivity index (χ1v) is 5.78. The zero-order valence-electron chi connectivity index (χ0n) is 8.28. The molecule has 1 aromatic heterocycles. The smallest absolute Gasteiger partial charge is 0.251 e. The summed E-state index contributed by atoms with van der Waals surface area (Å²) in [4.78, 5) is 15.3. The molecule has 0 atom stereocenters. The molecule has 0 aromatic carbocycles. The summed E-state index contributed by atoms with van der Waals surface area (Å²) in [6.07, 6.45) is 3.19. The van der Waals surface area contributed by atoms with Crippen LogP contribution >= 0.6 is 15.9 Å². The van der Waals surface area contributed by atoms with Crippen LogP contribution in [0.5, 0.6) is 0 Å². The van der Waals surface area contributed by atoms with Gasteiger partial charge in [0.15, 0.2) is 0 Å². The number of pyridine rings is 1. The molecule has 0 aliphatic heterocycles. The Morgan fingerprint density at radius 2 is 2.13 bits per heavy atom. The molecule has 1 heterocycles. The Labute approximate surface area is 97.2 Å². The average Bonchev–Trinajstić information content (AvgIpc) is 2.30. The van der Waals surface area contributed by atoms with Crippen molar-refractivity contribution in [1.82, 2.24) is 10.3 Å². The van der Waals surface area contributed by atoms with Gasteiger partial charge >= 0.3 is 0 Å². The quantitative estimate of drug-likeness (QED) is 0.626. The maximum atomic E-state index is 11.5. The van der Waals surface area contributed by atoms with Crippen LogP contribution in [0.25, 0.3) is 0 Å². The number of hydrogen-bond acceptors (Lipinski definition) is 3. The minimum absolute atomic E-state index is 0.0974. The van der Waals surface area contributed by atoms with Gasteiger partial charge < -0.3 is 10.1 Å². The number of amides is 1. The van der Waals surface area contributed by atoms with Crippen LogP contribution in [0.1, 0.15) is 10.4 Å². The molecule has 1 rings (SSSR count). The van der Waals surface area contributed by atoms with Crippen LogP contribution in [0.3, 0.4) is 0 Å². The molecule has 5 heteroatoms. The van der Waals surface area contributed by atoms with E-state index < -0.39 is 0 Å². The Bertz CT molecular complexity index is 293. The van der Waals surface area contributed by atoms with E-state index in [-0.39, 0.29) is 5.91 Å². The van der Waals surface area contributed by atoms with E-state index in [1.54, 1.807) is 24.5 Å². The molecule has 0 fully saturated rings. The fourth-order valence-corrected chi connectivity index (χ4v) is 1.23. The number of ether oxygens (including phenoxy) is 1. The van der Waals surface area contributed by atoms with Gasteiger partial charge in [0.25, 0.3) is 5.91 Å². The molecule has 4 nitrogen and oxygen atoms in total. The van der Waals surface area contributed by atoms with Crippen molar-refractivity contribution in [2.75, 3.05) is 25.1 Å². The molecule has 0 bridgehead atoms. The van der Waals surface area contributed by atoms with Crippen molar-refractivity contribution in [3.63, 3.8) is 0 Å². The van der Waals surface area contributed by atoms with Crippen LogP contribution < -0.4 is 5.32 Å². The molecule has 1 N–H and O–H groups in total. The SMILES string of the molecule is O=C(NCCOCCBr)c1ccncc1. The van der Waals surface area contributed by atoms with Gasteiger partial charge in [-0.3, -0.25) is 9.78 Å². The fraction of sp³-hybridized carbons (Fsp3) is 0.400. The molecule has 1 amide bonds. The second kappa shape index (κ2) is 7.36. The Morgan fingerprint density at radius 1 is 1.40 bits per heavy atom. The molecule has 15 heavy (non-hydrogen) atoms. The third-order valence-electron chi connectivity index (χ3n) is 1.70. The second-order valence-corrected chi connectivity index (χ2v) is 3.59. The Hall–Kier alpha value is -0.940. The summed E-state index contributed by atoms with van der Waals surface area (Å²) in [5.41, 5.74) is 0.616. The number of aromatic nitrogens is 1. The zero-order valence-corrected chi connectivity index (χ0v) is 9.87. The van der Waals surface area contributed by atoms with Crippen molar-refractivity contribution >= 4 is 21.8 Å². The van der Waals surface area contributed by atoms with Crippen molar-refractivity contribution in [2.24, 2.45) is 0 Å². The Morgan fingerprint density at radius 3 is 2.80 bits per heavy atom. The normalized spacial score (nSPS) is 9.93. The van der Waals surface area contributed by atoms with Crippen LogP contribution in [0, 0.1) is 0 Å². The highest BCUT2D eigenvalue weighted by Crippen LogP contribution is 1.94. The van der Waals surface area contributed by atoms with E-state index in [1.807, 2.05) is 0 Å². The van der Waals surface area contributed by atoms with Gasteiger partial charge in [-0.15, -0.1) is 0 Å². The number of nitrogens with one attached hydrogen (secondary N) is 1. The number of nitrogens with zero attached hydrogens (tertiary/aromatic N) is 1. The van der Waals surface area contributed by atoms with Gasteiger partial charge in [0, 0.05) is 29.8 Å². The zero-order chi connectivity index (χ0) is 10.9. The molecule has 0 saturated heterocycles. The van der Waals surface area contributed by atoms with E-state index in [9.17, 15) is 4.79 Å². The summed E-state index contributed by atoms with van der Waals surface area (Å²) in [7, 11) is 0. The van der Waals surface area contributed by atoms with Gasteiger partial charge in [-0.1, -0.05) is 15.9 Å². The van der Waals surface area contributed by atoms with Crippen molar-refractivity contribution < 1.29 is 9.53 Å². The monoisotopic (exact) mass is 272 g/mol. The first-order chi connectivity index (χ1) is 7.34. The highest BCUT2D eigenvalue weighted by Gasteiger charge is 2.02. The van der Waals surface area contributed by atoms with Gasteiger partial charge in [-0.25, -0.2) is 0 Å². The number of carbonyl (C=O) groups excluding carboxylic acids is 1. The maximum Gasteiger partial charge on any atom is 0.251 e. The van der Waals surface area contributed by atoms with Gasteiger partial charge in [-0.2, -0.15) is 0 Å². The fourth-order valence-electron chi connectivity index (χ4n) is 0.999. The summed E-state index contributed by atoms with van der Waals surface area (Å²) >= 11 is 3.25. The van der Waals surface area contributed by atoms with Crippen LogP contribution in [-0.2, 0) is 4.74 Å². The summed E-state index contributed by atoms with van der Waals surface area (Å²) in [6, 6.07) is 3.35. The van der Waals surface area contributed by atoms with E-state index in [4.69, 9.17) is 4.74 Å². The molecule has 0 aliphatic rings. The molecule has 82 valence electrons. The van der Waals surface area contributed by atoms with Gasteiger partial charge in [0.05, 0.1) is 13.2 Å². The van der Waals surface area contributed by atoms with E-state index in [1.165, 1.54) is 0 Å². The molecule has 0 saturated carbocycles. The first-order valence-electron chi connectivity index (χ1n) is 4.66. The summed E-state index contributed by atoms with van der Waals surface area (Å²) in [6.45, 7) is 1.71. The number of alkyl halides is 1. The van der Waals surface area contributed by atoms with Crippen LogP contribution in [0.4, 0.5) is 0 Å². The van der Waals surface area contributed by atoms with Gasteiger partial charge in [0.1, 0.15) is 0 Å². The molecule has 0 spiro atoms. The number of halogens is 1. The van der Waals surface area contributed by atoms with Crippen molar-refractivity contribution in [3.05, 3.63) is 30.1 Å². The maximum absolute atomic E-state index is 11.5. The minimum Gasteiger partial charge on any atom is -0.379 e. The number of rotatable bonds is 6. The van der Waals surface area contributed by atoms with Gasteiger partial charge in [-0.05, 0) is 12.1 Å². The van der Waals surface area contributed by atoms with Crippen LogP contribution in [0.2, 0.25) is 0 Å². The van der Waals surface area contributed by atoms with Crippen LogP contribution in [-0.4, -0.2) is 36.0 Å². The number of carbonyl (C=O) groups is 1. The molecule has 0 unspecified atom stereocenters. The molecular weight excluding hydrogens is 260 g/mol. The standard InChI is InChI=1S/C10H13BrN2O2/c11-3-7-15-8-6-13-10(14)9-1-4-12-5-2-9/h1-2,4-5H,3,6-8H2,(H,13,14). The predicted octanol–water partition coefficient (Wildman–Crippen LogP) is 1.22. The lowest BCUT2D eigenvalue weighted by molar-refractivity contribution is 0.0924. The van der Waals surface area contributed by atoms with Crippen LogP contribution in [0.15, 0.2) is 24.5 Å². The lowest BCUT2D eigenvalue weighted by Gasteiger charge is -2.04. The number of hydrogen-bond donors (Lipinski definition) is 1. The first kappa shape index (κ1) is 12.1. The highest BCUT2D eigenvalue weighted by atomic mass is 79.9. The largest absolute Gasteiger partial charge is 0.379 e. The summed E-state index contributed by atoms with van der Waals surface area (Å²) in [5.74, 6) is -0.0974. The topological polar surface area (TPSA) is 51.2 Å². The summed E-state index contributed by atoms with van der Waals surface area (Å²) < 4.78 is 5.20. The minimum atomic E-state index is -0.0974. The molecular formula is C10H13BrN2O2. The van der Waals surface area contributed by atoms with Crippen molar-refractivity contribution in [1.29, 1.82) is 0 Å². The molecule has 0 radical (unpaired) electrons. The van der Waals surface area contributed by atoms with E-state index in [2.05, 4.69) is 26.2 Å². The third-order valence-corrected chi connectivity index (χ3v) is 2.02. The Balaban J connectivity index is 2.20. The van der Waals surface area contributed by atoms with Crippen molar-refractivity contribution in [3.8, 4) is 0 Å². The predicted molar refractivity (Wildman–Crippen MR) is 61.2 cm³/mol. The third kappa shape index (κ3) is 4.90. The van der Waals surface area contributed by atoms with E-state index >= 15 is 0 Å². The van der Waals surface area contributed by atoms with E-state index in [0.717, 1.165) is 5.33 Å². The molecule has 0 aliphatic carbocycles. The average molecular weight is 273 g/mol. The van der Waals surface area contributed by atoms with E-state index in [0.29, 0.717) is 25.3 Å². The summed E-state index contributed by atoms with van der Waals surface area (Å²) in [5, 5.41) is 3.56.